The molecule has 0 amide bonds. The zero-order valence-electron chi connectivity index (χ0n) is 19.4. The Balaban J connectivity index is 1.48. The van der Waals surface area contributed by atoms with Crippen molar-refractivity contribution in [3.05, 3.63) is 11.6 Å². The first-order valence-electron chi connectivity index (χ1n) is 12.1. The minimum absolute atomic E-state index is 0.111. The molecule has 6 unspecified atom stereocenters. The summed E-state index contributed by atoms with van der Waals surface area (Å²) in [7, 11) is -0.328. The van der Waals surface area contributed by atoms with Gasteiger partial charge in [-0.2, -0.15) is 0 Å². The third-order valence-electron chi connectivity index (χ3n) is 9.91. The second-order valence-corrected chi connectivity index (χ2v) is 12.3. The second kappa shape index (κ2) is 6.54. The van der Waals surface area contributed by atoms with E-state index in [1.54, 1.807) is 0 Å². The van der Waals surface area contributed by atoms with E-state index >= 15 is 0 Å². The van der Waals surface area contributed by atoms with Crippen LogP contribution >= 0.6 is 0 Å². The van der Waals surface area contributed by atoms with Crippen LogP contribution in [0.2, 0.25) is 5.31 Å². The molecule has 1 saturated heterocycles. The van der Waals surface area contributed by atoms with Crippen LogP contribution in [0.1, 0.15) is 86.0 Å². The average molecular weight is 412 g/mol. The molecule has 4 nitrogen and oxygen atoms in total. The fraction of sp³-hybridized carbons (Fsp3) is 0.840. The van der Waals surface area contributed by atoms with Gasteiger partial charge in [0, 0.05) is 11.8 Å². The summed E-state index contributed by atoms with van der Waals surface area (Å²) in [6, 6.07) is 0. The Hall–Kier alpha value is -0.935. The van der Waals surface area contributed by atoms with Crippen LogP contribution in [0.25, 0.3) is 0 Å². The first kappa shape index (κ1) is 20.9. The quantitative estimate of drug-likeness (QED) is 0.516. The zero-order valence-corrected chi connectivity index (χ0v) is 19.4. The van der Waals surface area contributed by atoms with E-state index in [0.717, 1.165) is 44.9 Å². The standard InChI is InChI=1S/C25H37BO4/c1-22(2,3)26-29-15-21(28)25(30-26)13-10-20-18-7-6-16-14-17(27)8-11-23(16,4)19(18)9-12-24(20,25)5/h14,18-20H,6-13,15H2,1-5H3. The molecular formula is C25H37BO4. The van der Waals surface area contributed by atoms with Gasteiger partial charge in [-0.3, -0.25) is 9.59 Å². The van der Waals surface area contributed by atoms with Crippen molar-refractivity contribution in [3.63, 3.8) is 0 Å². The first-order chi connectivity index (χ1) is 14.0. The molecule has 0 aromatic heterocycles. The van der Waals surface area contributed by atoms with E-state index in [1.807, 2.05) is 6.08 Å². The van der Waals surface area contributed by atoms with E-state index in [1.165, 1.54) is 5.57 Å². The lowest BCUT2D eigenvalue weighted by Crippen LogP contribution is -2.64. The summed E-state index contributed by atoms with van der Waals surface area (Å²) in [4.78, 5) is 25.4. The van der Waals surface area contributed by atoms with Crippen molar-refractivity contribution in [2.75, 3.05) is 6.61 Å². The summed E-state index contributed by atoms with van der Waals surface area (Å²) in [5, 5.41) is -0.147. The van der Waals surface area contributed by atoms with Crippen molar-refractivity contribution >= 4 is 18.7 Å². The van der Waals surface area contributed by atoms with E-state index in [-0.39, 0.29) is 35.7 Å². The van der Waals surface area contributed by atoms with Crippen LogP contribution in [-0.2, 0) is 18.9 Å². The Labute approximate surface area is 181 Å². The highest BCUT2D eigenvalue weighted by Gasteiger charge is 2.69. The summed E-state index contributed by atoms with van der Waals surface area (Å²) in [6.45, 7) is 11.3. The smallest absolute Gasteiger partial charge is 0.403 e. The lowest BCUT2D eigenvalue weighted by molar-refractivity contribution is -0.171. The highest BCUT2D eigenvalue weighted by Crippen LogP contribution is 2.69. The van der Waals surface area contributed by atoms with Crippen molar-refractivity contribution < 1.29 is 18.9 Å². The maximum atomic E-state index is 13.3. The highest BCUT2D eigenvalue weighted by atomic mass is 16.6. The van der Waals surface area contributed by atoms with E-state index < -0.39 is 5.60 Å². The van der Waals surface area contributed by atoms with Crippen LogP contribution in [0.4, 0.5) is 0 Å². The van der Waals surface area contributed by atoms with Crippen LogP contribution in [0, 0.1) is 28.6 Å². The number of hydrogen-bond donors (Lipinski definition) is 0. The Kier molecular flexibility index (Phi) is 4.56. The van der Waals surface area contributed by atoms with Gasteiger partial charge in [-0.05, 0) is 79.5 Å². The average Bonchev–Trinajstić information content (AvgIpc) is 2.97. The highest BCUT2D eigenvalue weighted by molar-refractivity contribution is 6.49. The van der Waals surface area contributed by atoms with Gasteiger partial charge in [0.25, 0.3) is 0 Å². The molecule has 1 aliphatic heterocycles. The number of carbonyl (C=O) groups is 2. The maximum absolute atomic E-state index is 13.3. The van der Waals surface area contributed by atoms with Crippen LogP contribution in [0.5, 0.6) is 0 Å². The van der Waals surface area contributed by atoms with Gasteiger partial charge in [-0.25, -0.2) is 0 Å². The second-order valence-electron chi connectivity index (χ2n) is 12.3. The lowest BCUT2D eigenvalue weighted by atomic mass is 9.46. The number of fused-ring (bicyclic) bond motifs is 6. The summed E-state index contributed by atoms with van der Waals surface area (Å²) >= 11 is 0. The Morgan fingerprint density at radius 1 is 1.00 bits per heavy atom. The molecule has 3 saturated carbocycles. The number of rotatable bonds is 0. The summed E-state index contributed by atoms with van der Waals surface area (Å²) < 4.78 is 12.5. The van der Waals surface area contributed by atoms with Crippen molar-refractivity contribution in [1.29, 1.82) is 0 Å². The normalized spacial score (nSPS) is 46.4. The molecule has 30 heavy (non-hydrogen) atoms. The molecule has 0 aromatic rings. The molecule has 4 fully saturated rings. The van der Waals surface area contributed by atoms with Crippen molar-refractivity contribution in [1.82, 2.24) is 0 Å². The first-order valence-corrected chi connectivity index (χ1v) is 12.1. The third-order valence-corrected chi connectivity index (χ3v) is 9.91. The minimum Gasteiger partial charge on any atom is -0.403 e. The van der Waals surface area contributed by atoms with E-state index in [4.69, 9.17) is 9.31 Å². The lowest BCUT2D eigenvalue weighted by Gasteiger charge is -2.60. The molecule has 1 spiro atoms. The van der Waals surface area contributed by atoms with Gasteiger partial charge in [0.1, 0.15) is 5.60 Å². The molecule has 0 bridgehead atoms. The predicted octanol–water partition coefficient (Wildman–Crippen LogP) is 5.16. The molecule has 0 radical (unpaired) electrons. The topological polar surface area (TPSA) is 52.6 Å². The monoisotopic (exact) mass is 412 g/mol. The van der Waals surface area contributed by atoms with Gasteiger partial charge < -0.3 is 9.31 Å². The summed E-state index contributed by atoms with van der Waals surface area (Å²) in [5.74, 6) is 2.26. The third kappa shape index (κ3) is 2.66. The van der Waals surface area contributed by atoms with Gasteiger partial charge >= 0.3 is 7.12 Å². The zero-order chi connectivity index (χ0) is 21.5. The van der Waals surface area contributed by atoms with E-state index in [9.17, 15) is 9.59 Å². The maximum Gasteiger partial charge on any atom is 0.463 e. The Morgan fingerprint density at radius 2 is 1.73 bits per heavy atom. The van der Waals surface area contributed by atoms with Gasteiger partial charge in [-0.15, -0.1) is 0 Å². The van der Waals surface area contributed by atoms with Gasteiger partial charge in [0.15, 0.2) is 11.6 Å². The molecule has 164 valence electrons. The number of hydrogen-bond acceptors (Lipinski definition) is 4. The van der Waals surface area contributed by atoms with Crippen LogP contribution in [0.3, 0.4) is 0 Å². The Morgan fingerprint density at radius 3 is 2.47 bits per heavy atom. The van der Waals surface area contributed by atoms with E-state index in [2.05, 4.69) is 34.6 Å². The molecule has 6 atom stereocenters. The predicted molar refractivity (Wildman–Crippen MR) is 117 cm³/mol. The van der Waals surface area contributed by atoms with Gasteiger partial charge in [0.2, 0.25) is 0 Å². The largest absolute Gasteiger partial charge is 0.463 e. The minimum atomic E-state index is -0.682. The number of Topliss-reactive ketones (excluding diaryl/α,β-unsaturated/α-hetero) is 1. The summed E-state index contributed by atoms with van der Waals surface area (Å²) in [6.07, 6.45) is 9.97. The molecular weight excluding hydrogens is 375 g/mol. The number of ketones is 2. The number of allylic oxidation sites excluding steroid dienone is 1. The molecule has 4 aliphatic carbocycles. The van der Waals surface area contributed by atoms with Crippen molar-refractivity contribution in [3.8, 4) is 0 Å². The van der Waals surface area contributed by atoms with Crippen LogP contribution in [0.15, 0.2) is 11.6 Å². The fourth-order valence-corrected chi connectivity index (χ4v) is 8.19. The van der Waals surface area contributed by atoms with Crippen LogP contribution in [-0.4, -0.2) is 30.9 Å². The van der Waals surface area contributed by atoms with Gasteiger partial charge in [0.05, 0.1) is 6.61 Å². The van der Waals surface area contributed by atoms with Gasteiger partial charge in [-0.1, -0.05) is 40.2 Å². The molecule has 0 N–H and O–H groups in total. The number of carbonyl (C=O) groups excluding carboxylic acids is 2. The Bertz CT molecular complexity index is 812. The molecule has 5 heteroatoms. The van der Waals surface area contributed by atoms with Crippen molar-refractivity contribution in [2.24, 2.45) is 28.6 Å². The van der Waals surface area contributed by atoms with Crippen LogP contribution < -0.4 is 0 Å². The molecule has 5 rings (SSSR count). The summed E-state index contributed by atoms with van der Waals surface area (Å²) in [5.41, 5.74) is 0.781. The molecule has 1 heterocycles. The fourth-order valence-electron chi connectivity index (χ4n) is 8.19. The van der Waals surface area contributed by atoms with Crippen molar-refractivity contribution in [2.45, 2.75) is 96.9 Å². The molecule has 5 aliphatic rings. The van der Waals surface area contributed by atoms with E-state index in [0.29, 0.717) is 30.0 Å². The SMILES string of the molecule is CC(C)(C)B1OCC(=O)C2(CCC3C4CCC5=CC(=O)CCC5(C)C4CCC32C)O1. The molecule has 0 aromatic carbocycles.